The molecule has 0 radical (unpaired) electrons. The molecule has 1 N–H and O–H groups in total. The molecule has 1 aromatic carbocycles. The SMILES string of the molecule is CCCCc1nc(Cl)c(CN2CC3(C2)CN(c2ccc(OC)cc2)C3)[nH]1. The quantitative estimate of drug-likeness (QED) is 0.801. The summed E-state index contributed by atoms with van der Waals surface area (Å²) in [6, 6.07) is 8.35. The van der Waals surface area contributed by atoms with E-state index in [4.69, 9.17) is 16.3 Å². The van der Waals surface area contributed by atoms with Crippen LogP contribution < -0.4 is 9.64 Å². The zero-order valence-electron chi connectivity index (χ0n) is 15.6. The smallest absolute Gasteiger partial charge is 0.151 e. The minimum atomic E-state index is 0.456. The normalized spacial score (nSPS) is 18.7. The fourth-order valence-corrected chi connectivity index (χ4v) is 4.39. The molecule has 2 aliphatic rings. The Morgan fingerprint density at radius 3 is 2.58 bits per heavy atom. The number of H-pyrrole nitrogens is 1. The summed E-state index contributed by atoms with van der Waals surface area (Å²) in [6.45, 7) is 7.61. The molecular formula is C20H27ClN4O. The molecule has 26 heavy (non-hydrogen) atoms. The highest BCUT2D eigenvalue weighted by Crippen LogP contribution is 2.42. The van der Waals surface area contributed by atoms with Gasteiger partial charge in [-0.1, -0.05) is 24.9 Å². The molecule has 0 saturated carbocycles. The molecule has 3 heterocycles. The molecule has 2 saturated heterocycles. The first-order valence-corrected chi connectivity index (χ1v) is 9.83. The van der Waals surface area contributed by atoms with E-state index in [1.165, 1.54) is 12.1 Å². The lowest BCUT2D eigenvalue weighted by molar-refractivity contribution is -0.0279. The zero-order valence-corrected chi connectivity index (χ0v) is 16.4. The minimum Gasteiger partial charge on any atom is -0.497 e. The Bertz CT molecular complexity index is 744. The summed E-state index contributed by atoms with van der Waals surface area (Å²) >= 11 is 6.31. The van der Waals surface area contributed by atoms with Crippen molar-refractivity contribution in [3.63, 3.8) is 0 Å². The summed E-state index contributed by atoms with van der Waals surface area (Å²) in [7, 11) is 1.70. The van der Waals surface area contributed by atoms with Crippen LogP contribution in [0.2, 0.25) is 5.15 Å². The van der Waals surface area contributed by atoms with E-state index in [0.29, 0.717) is 10.6 Å². The van der Waals surface area contributed by atoms with Crippen molar-refractivity contribution in [1.29, 1.82) is 0 Å². The van der Waals surface area contributed by atoms with Crippen LogP contribution in [0.4, 0.5) is 5.69 Å². The second-order valence-corrected chi connectivity index (χ2v) is 8.11. The predicted octanol–water partition coefficient (Wildman–Crippen LogP) is 3.74. The van der Waals surface area contributed by atoms with Gasteiger partial charge in [-0.05, 0) is 30.7 Å². The molecule has 0 atom stereocenters. The van der Waals surface area contributed by atoms with Gasteiger partial charge in [-0.2, -0.15) is 0 Å². The number of aromatic amines is 1. The molecule has 2 fully saturated rings. The molecule has 5 nitrogen and oxygen atoms in total. The Morgan fingerprint density at radius 2 is 1.92 bits per heavy atom. The van der Waals surface area contributed by atoms with Crippen molar-refractivity contribution < 1.29 is 4.74 Å². The van der Waals surface area contributed by atoms with Gasteiger partial charge in [-0.15, -0.1) is 0 Å². The number of aryl methyl sites for hydroxylation is 1. The Labute approximate surface area is 160 Å². The van der Waals surface area contributed by atoms with Crippen LogP contribution in [-0.4, -0.2) is 48.2 Å². The van der Waals surface area contributed by atoms with Crippen molar-refractivity contribution in [3.8, 4) is 5.75 Å². The van der Waals surface area contributed by atoms with Gasteiger partial charge >= 0.3 is 0 Å². The van der Waals surface area contributed by atoms with Crippen molar-refractivity contribution in [2.24, 2.45) is 5.41 Å². The number of imidazole rings is 1. The number of likely N-dealkylation sites (tertiary alicyclic amines) is 1. The van der Waals surface area contributed by atoms with Gasteiger partial charge in [0.2, 0.25) is 0 Å². The molecule has 1 aromatic heterocycles. The van der Waals surface area contributed by atoms with Crippen molar-refractivity contribution in [2.75, 3.05) is 38.2 Å². The highest BCUT2D eigenvalue weighted by Gasteiger charge is 2.51. The lowest BCUT2D eigenvalue weighted by atomic mass is 9.72. The van der Waals surface area contributed by atoms with Gasteiger partial charge in [0.05, 0.1) is 12.8 Å². The van der Waals surface area contributed by atoms with Crippen LogP contribution in [0.3, 0.4) is 0 Å². The van der Waals surface area contributed by atoms with Crippen molar-refractivity contribution >= 4 is 17.3 Å². The largest absolute Gasteiger partial charge is 0.497 e. The number of halogens is 1. The van der Waals surface area contributed by atoms with Gasteiger partial charge in [-0.3, -0.25) is 4.90 Å². The number of aromatic nitrogens is 2. The lowest BCUT2D eigenvalue weighted by Gasteiger charge is -2.61. The Balaban J connectivity index is 1.26. The second-order valence-electron chi connectivity index (χ2n) is 7.76. The van der Waals surface area contributed by atoms with Crippen molar-refractivity contribution in [3.05, 3.63) is 40.9 Å². The van der Waals surface area contributed by atoms with E-state index in [0.717, 1.165) is 62.8 Å². The van der Waals surface area contributed by atoms with Crippen LogP contribution in [0.15, 0.2) is 24.3 Å². The number of nitrogens with zero attached hydrogens (tertiary/aromatic N) is 3. The fraction of sp³-hybridized carbons (Fsp3) is 0.550. The lowest BCUT2D eigenvalue weighted by Crippen LogP contribution is -2.72. The van der Waals surface area contributed by atoms with Gasteiger partial charge in [0.15, 0.2) is 5.15 Å². The van der Waals surface area contributed by atoms with Gasteiger partial charge in [0.1, 0.15) is 11.6 Å². The molecule has 0 bridgehead atoms. The molecule has 4 rings (SSSR count). The van der Waals surface area contributed by atoms with E-state index in [1.54, 1.807) is 7.11 Å². The standard InChI is InChI=1S/C20H27ClN4O/c1-3-4-5-18-22-17(19(21)23-18)10-24-11-20(12-24)13-25(14-20)15-6-8-16(26-2)9-7-15/h6-9H,3-5,10-14H2,1-2H3,(H,22,23). The molecule has 0 amide bonds. The van der Waals surface area contributed by atoms with Crippen LogP contribution in [-0.2, 0) is 13.0 Å². The van der Waals surface area contributed by atoms with Crippen LogP contribution >= 0.6 is 11.6 Å². The number of methoxy groups -OCH3 is 1. The first-order chi connectivity index (χ1) is 12.6. The summed E-state index contributed by atoms with van der Waals surface area (Å²) in [4.78, 5) is 12.8. The van der Waals surface area contributed by atoms with Crippen LogP contribution in [0, 0.1) is 5.41 Å². The molecule has 6 heteroatoms. The summed E-state index contributed by atoms with van der Waals surface area (Å²) in [5.41, 5.74) is 2.81. The average Bonchev–Trinajstić information content (AvgIpc) is 2.94. The maximum absolute atomic E-state index is 6.31. The molecule has 0 aliphatic carbocycles. The third kappa shape index (κ3) is 3.42. The van der Waals surface area contributed by atoms with E-state index < -0.39 is 0 Å². The summed E-state index contributed by atoms with van der Waals surface area (Å²) < 4.78 is 5.23. The first kappa shape index (κ1) is 17.7. The average molecular weight is 375 g/mol. The van der Waals surface area contributed by atoms with E-state index in [2.05, 4.69) is 38.8 Å². The third-order valence-electron chi connectivity index (χ3n) is 5.53. The molecule has 140 valence electrons. The maximum atomic E-state index is 6.31. The minimum absolute atomic E-state index is 0.456. The number of rotatable bonds is 7. The number of unbranched alkanes of at least 4 members (excludes halogenated alkanes) is 1. The third-order valence-corrected chi connectivity index (χ3v) is 5.85. The monoisotopic (exact) mass is 374 g/mol. The van der Waals surface area contributed by atoms with Gasteiger partial charge < -0.3 is 14.6 Å². The first-order valence-electron chi connectivity index (χ1n) is 9.45. The number of hydrogen-bond donors (Lipinski definition) is 1. The summed E-state index contributed by atoms with van der Waals surface area (Å²) in [5, 5.41) is 0.644. The van der Waals surface area contributed by atoms with E-state index >= 15 is 0 Å². The molecule has 2 aromatic rings. The highest BCUT2D eigenvalue weighted by molar-refractivity contribution is 6.30. The topological polar surface area (TPSA) is 44.4 Å². The molecule has 0 unspecified atom stereocenters. The Kier molecular flexibility index (Phi) is 4.84. The maximum Gasteiger partial charge on any atom is 0.151 e. The zero-order chi connectivity index (χ0) is 18.1. The molecule has 1 spiro atoms. The fourth-order valence-electron chi connectivity index (χ4n) is 4.18. The number of hydrogen-bond acceptors (Lipinski definition) is 4. The van der Waals surface area contributed by atoms with Crippen LogP contribution in [0.25, 0.3) is 0 Å². The number of benzene rings is 1. The van der Waals surface area contributed by atoms with Crippen molar-refractivity contribution in [2.45, 2.75) is 32.7 Å². The Hall–Kier alpha value is -1.72. The highest BCUT2D eigenvalue weighted by atomic mass is 35.5. The van der Waals surface area contributed by atoms with E-state index in [1.807, 2.05) is 12.1 Å². The van der Waals surface area contributed by atoms with Gasteiger partial charge in [0.25, 0.3) is 0 Å². The molecule has 2 aliphatic heterocycles. The van der Waals surface area contributed by atoms with Gasteiger partial charge in [-0.25, -0.2) is 4.98 Å². The number of ether oxygens (including phenoxy) is 1. The van der Waals surface area contributed by atoms with Crippen LogP contribution in [0.5, 0.6) is 5.75 Å². The number of anilines is 1. The van der Waals surface area contributed by atoms with Crippen LogP contribution in [0.1, 0.15) is 31.3 Å². The van der Waals surface area contributed by atoms with E-state index in [9.17, 15) is 0 Å². The Morgan fingerprint density at radius 1 is 1.19 bits per heavy atom. The predicted molar refractivity (Wildman–Crippen MR) is 105 cm³/mol. The second kappa shape index (κ2) is 7.12. The summed E-state index contributed by atoms with van der Waals surface area (Å²) in [6.07, 6.45) is 3.31. The molecular weight excluding hydrogens is 348 g/mol. The van der Waals surface area contributed by atoms with Gasteiger partial charge in [0, 0.05) is 50.2 Å². The number of nitrogens with one attached hydrogen (secondary N) is 1. The van der Waals surface area contributed by atoms with E-state index in [-0.39, 0.29) is 0 Å². The summed E-state index contributed by atoms with van der Waals surface area (Å²) in [5.74, 6) is 1.94. The van der Waals surface area contributed by atoms with Crippen molar-refractivity contribution in [1.82, 2.24) is 14.9 Å².